The summed E-state index contributed by atoms with van der Waals surface area (Å²) in [6.07, 6.45) is 2.37. The first-order chi connectivity index (χ1) is 14.0. The first-order valence-corrected chi connectivity index (χ1v) is 9.34. The molecule has 2 amide bonds. The molecule has 0 spiro atoms. The van der Waals surface area contributed by atoms with Crippen LogP contribution in [0.2, 0.25) is 0 Å². The maximum Gasteiger partial charge on any atom is 0.237 e. The molecule has 1 atom stereocenters. The molecule has 3 aromatic rings. The molecule has 3 N–H and O–H groups in total. The van der Waals surface area contributed by atoms with Gasteiger partial charge >= 0.3 is 0 Å². The molecule has 1 unspecified atom stereocenters. The van der Waals surface area contributed by atoms with E-state index >= 15 is 0 Å². The van der Waals surface area contributed by atoms with Gasteiger partial charge in [0.05, 0.1) is 0 Å². The molecule has 2 aromatic carbocycles. The Morgan fingerprint density at radius 3 is 2.62 bits per heavy atom. The van der Waals surface area contributed by atoms with Gasteiger partial charge < -0.3 is 10.6 Å². The number of hydrogen-bond acceptors (Lipinski definition) is 4. The number of hydrogen-bond donors (Lipinski definition) is 3. The number of fused-ring (bicyclic) bond motifs is 1. The lowest BCUT2D eigenvalue weighted by atomic mass is 9.96. The number of carbonyl (C=O) groups is 2. The third-order valence-corrected chi connectivity index (χ3v) is 4.72. The molecule has 0 aliphatic carbocycles. The number of H-pyrrole nitrogens is 1. The van der Waals surface area contributed by atoms with Crippen molar-refractivity contribution < 1.29 is 9.59 Å². The van der Waals surface area contributed by atoms with Crippen LogP contribution in [0.3, 0.4) is 0 Å². The SMILES string of the molecule is CC(=O)Nc1ccc(Cc2ccc3c(c2)C(C=Nc2cc(C)[nH]n2)C(=O)N3)cc1. The average molecular weight is 387 g/mol. The van der Waals surface area contributed by atoms with Crippen molar-refractivity contribution >= 4 is 35.2 Å². The van der Waals surface area contributed by atoms with Gasteiger partial charge in [0.25, 0.3) is 0 Å². The van der Waals surface area contributed by atoms with Crippen molar-refractivity contribution in [3.05, 3.63) is 70.9 Å². The number of aromatic amines is 1. The van der Waals surface area contributed by atoms with Crippen molar-refractivity contribution in [1.82, 2.24) is 10.2 Å². The number of rotatable bonds is 5. The summed E-state index contributed by atoms with van der Waals surface area (Å²) in [4.78, 5) is 27.9. The van der Waals surface area contributed by atoms with E-state index < -0.39 is 5.92 Å². The molecule has 0 fully saturated rings. The molecule has 146 valence electrons. The number of nitrogens with zero attached hydrogens (tertiary/aromatic N) is 2. The van der Waals surface area contributed by atoms with E-state index in [1.54, 1.807) is 6.21 Å². The lowest BCUT2D eigenvalue weighted by molar-refractivity contribution is -0.116. The largest absolute Gasteiger partial charge is 0.326 e. The summed E-state index contributed by atoms with van der Waals surface area (Å²) in [7, 11) is 0. The Morgan fingerprint density at radius 2 is 1.93 bits per heavy atom. The van der Waals surface area contributed by atoms with E-state index in [0.29, 0.717) is 5.82 Å². The van der Waals surface area contributed by atoms with E-state index in [4.69, 9.17) is 0 Å². The fourth-order valence-corrected chi connectivity index (χ4v) is 3.36. The number of nitrogens with one attached hydrogen (secondary N) is 3. The van der Waals surface area contributed by atoms with Crippen LogP contribution in [0, 0.1) is 6.92 Å². The summed E-state index contributed by atoms with van der Waals surface area (Å²) < 4.78 is 0. The van der Waals surface area contributed by atoms with Crippen molar-refractivity contribution in [3.63, 3.8) is 0 Å². The second kappa shape index (κ2) is 7.71. The van der Waals surface area contributed by atoms with Gasteiger partial charge in [-0.25, -0.2) is 4.99 Å². The van der Waals surface area contributed by atoms with Crippen LogP contribution in [0.1, 0.15) is 35.2 Å². The zero-order valence-electron chi connectivity index (χ0n) is 16.2. The molecule has 7 nitrogen and oxygen atoms in total. The highest BCUT2D eigenvalue weighted by molar-refractivity contribution is 6.12. The third-order valence-electron chi connectivity index (χ3n) is 4.72. The quantitative estimate of drug-likeness (QED) is 0.582. The molecular formula is C22H21N5O2. The predicted octanol–water partition coefficient (Wildman–Crippen LogP) is 3.71. The molecule has 0 bridgehead atoms. The number of amides is 2. The van der Waals surface area contributed by atoms with E-state index in [2.05, 4.69) is 25.8 Å². The van der Waals surface area contributed by atoms with E-state index in [-0.39, 0.29) is 11.8 Å². The van der Waals surface area contributed by atoms with Gasteiger partial charge in [0.2, 0.25) is 11.8 Å². The van der Waals surface area contributed by atoms with Crippen LogP contribution < -0.4 is 10.6 Å². The lowest BCUT2D eigenvalue weighted by Gasteiger charge is -2.08. The zero-order chi connectivity index (χ0) is 20.4. The minimum absolute atomic E-state index is 0.0900. The number of carbonyl (C=O) groups excluding carboxylic acids is 2. The van der Waals surface area contributed by atoms with Crippen LogP contribution in [0.25, 0.3) is 0 Å². The minimum atomic E-state index is -0.441. The Morgan fingerprint density at radius 1 is 1.17 bits per heavy atom. The van der Waals surface area contributed by atoms with Crippen LogP contribution in [0.5, 0.6) is 0 Å². The zero-order valence-corrected chi connectivity index (χ0v) is 16.2. The van der Waals surface area contributed by atoms with Gasteiger partial charge in [-0.15, -0.1) is 0 Å². The molecule has 0 saturated carbocycles. The second-order valence-electron chi connectivity index (χ2n) is 7.13. The maximum atomic E-state index is 12.4. The van der Waals surface area contributed by atoms with Crippen molar-refractivity contribution in [2.45, 2.75) is 26.2 Å². The van der Waals surface area contributed by atoms with Crippen molar-refractivity contribution in [3.8, 4) is 0 Å². The third kappa shape index (κ3) is 4.24. The molecule has 0 radical (unpaired) electrons. The molecule has 1 aromatic heterocycles. The van der Waals surface area contributed by atoms with E-state index in [1.165, 1.54) is 6.92 Å². The molecule has 2 heterocycles. The fourth-order valence-electron chi connectivity index (χ4n) is 3.36. The summed E-state index contributed by atoms with van der Waals surface area (Å²) >= 11 is 0. The highest BCUT2D eigenvalue weighted by atomic mass is 16.2. The van der Waals surface area contributed by atoms with Crippen molar-refractivity contribution in [1.29, 1.82) is 0 Å². The average Bonchev–Trinajstić information content (AvgIpc) is 3.23. The van der Waals surface area contributed by atoms with Crippen LogP contribution in [-0.4, -0.2) is 28.2 Å². The number of anilines is 2. The summed E-state index contributed by atoms with van der Waals surface area (Å²) in [5, 5.41) is 12.6. The van der Waals surface area contributed by atoms with Crippen molar-refractivity contribution in [2.24, 2.45) is 4.99 Å². The summed E-state index contributed by atoms with van der Waals surface area (Å²) in [6.45, 7) is 3.39. The second-order valence-corrected chi connectivity index (χ2v) is 7.13. The summed E-state index contributed by atoms with van der Waals surface area (Å²) in [5.41, 5.74) is 5.64. The molecule has 4 rings (SSSR count). The Hall–Kier alpha value is -3.74. The molecule has 1 aliphatic rings. The smallest absolute Gasteiger partial charge is 0.237 e. The van der Waals surface area contributed by atoms with Crippen LogP contribution in [0.4, 0.5) is 17.2 Å². The monoisotopic (exact) mass is 387 g/mol. The molecule has 29 heavy (non-hydrogen) atoms. The van der Waals surface area contributed by atoms with Gasteiger partial charge in [0.1, 0.15) is 5.92 Å². The van der Waals surface area contributed by atoms with Crippen LogP contribution >= 0.6 is 0 Å². The maximum absolute atomic E-state index is 12.4. The minimum Gasteiger partial charge on any atom is -0.326 e. The molecule has 0 saturated heterocycles. The van der Waals surface area contributed by atoms with E-state index in [1.807, 2.05) is 55.5 Å². The first kappa shape index (κ1) is 18.6. The number of aliphatic imine (C=N–C) groups is 1. The van der Waals surface area contributed by atoms with Crippen LogP contribution in [0.15, 0.2) is 53.5 Å². The van der Waals surface area contributed by atoms with Gasteiger partial charge in [-0.1, -0.05) is 24.3 Å². The Kier molecular flexibility index (Phi) is 4.95. The van der Waals surface area contributed by atoms with Crippen molar-refractivity contribution in [2.75, 3.05) is 10.6 Å². The normalized spacial score (nSPS) is 15.4. The van der Waals surface area contributed by atoms with Gasteiger partial charge in [0, 0.05) is 36.3 Å². The Balaban J connectivity index is 1.53. The highest BCUT2D eigenvalue weighted by Crippen LogP contribution is 2.33. The lowest BCUT2D eigenvalue weighted by Crippen LogP contribution is -2.12. The number of aryl methyl sites for hydroxylation is 1. The first-order valence-electron chi connectivity index (χ1n) is 9.34. The van der Waals surface area contributed by atoms with E-state index in [9.17, 15) is 9.59 Å². The Bertz CT molecular complexity index is 1100. The molecule has 7 heteroatoms. The molecule has 1 aliphatic heterocycles. The van der Waals surface area contributed by atoms with Gasteiger partial charge in [0.15, 0.2) is 5.82 Å². The van der Waals surface area contributed by atoms with Gasteiger partial charge in [-0.3, -0.25) is 14.7 Å². The predicted molar refractivity (Wildman–Crippen MR) is 113 cm³/mol. The Labute approximate surface area is 168 Å². The number of benzene rings is 2. The highest BCUT2D eigenvalue weighted by Gasteiger charge is 2.29. The molecular weight excluding hydrogens is 366 g/mol. The fraction of sp³-hybridized carbons (Fsp3) is 0.182. The van der Waals surface area contributed by atoms with E-state index in [0.717, 1.165) is 40.2 Å². The standard InChI is InChI=1S/C22H21N5O2/c1-13-9-21(27-26-13)23-12-19-18-11-16(5-8-20(18)25-22(19)29)10-15-3-6-17(7-4-15)24-14(2)28/h3-9,11-12,19H,10H2,1-2H3,(H,24,28)(H,25,29)(H,26,27). The van der Waals surface area contributed by atoms with Crippen LogP contribution in [-0.2, 0) is 16.0 Å². The van der Waals surface area contributed by atoms with Gasteiger partial charge in [-0.2, -0.15) is 5.10 Å². The van der Waals surface area contributed by atoms with Gasteiger partial charge in [-0.05, 0) is 48.2 Å². The number of aromatic nitrogens is 2. The summed E-state index contributed by atoms with van der Waals surface area (Å²) in [5.74, 6) is -0.0673. The topological polar surface area (TPSA) is 99.2 Å². The summed E-state index contributed by atoms with van der Waals surface area (Å²) in [6, 6.07) is 15.6.